The average molecular weight is 162 g/mol. The molecule has 1 heterocycles. The predicted molar refractivity (Wildman–Crippen MR) is 44.9 cm³/mol. The van der Waals surface area contributed by atoms with Crippen molar-refractivity contribution in [3.05, 3.63) is 23.0 Å². The van der Waals surface area contributed by atoms with Gasteiger partial charge in [0.2, 0.25) is 0 Å². The van der Waals surface area contributed by atoms with Crippen molar-refractivity contribution >= 4 is 5.78 Å². The van der Waals surface area contributed by atoms with Crippen LogP contribution in [-0.2, 0) is 7.05 Å². The van der Waals surface area contributed by atoms with E-state index in [0.29, 0.717) is 11.3 Å². The molecule has 0 aromatic carbocycles. The fourth-order valence-electron chi connectivity index (χ4n) is 1.15. The highest BCUT2D eigenvalue weighted by Gasteiger charge is 2.10. The van der Waals surface area contributed by atoms with E-state index in [4.69, 9.17) is 5.26 Å². The van der Waals surface area contributed by atoms with Gasteiger partial charge >= 0.3 is 0 Å². The summed E-state index contributed by atoms with van der Waals surface area (Å²) in [7, 11) is 1.78. The molecular weight excluding hydrogens is 152 g/mol. The molecule has 3 nitrogen and oxygen atoms in total. The van der Waals surface area contributed by atoms with Gasteiger partial charge in [0.05, 0.1) is 11.3 Å². The highest BCUT2D eigenvalue weighted by Crippen LogP contribution is 2.12. The van der Waals surface area contributed by atoms with Crippen molar-refractivity contribution in [1.29, 1.82) is 5.26 Å². The van der Waals surface area contributed by atoms with Crippen LogP contribution < -0.4 is 0 Å². The van der Waals surface area contributed by atoms with Gasteiger partial charge in [0.15, 0.2) is 5.78 Å². The van der Waals surface area contributed by atoms with E-state index in [2.05, 4.69) is 0 Å². The van der Waals surface area contributed by atoms with Crippen LogP contribution in [0.4, 0.5) is 0 Å². The lowest BCUT2D eigenvalue weighted by Crippen LogP contribution is -2.02. The Morgan fingerprint density at radius 2 is 2.25 bits per heavy atom. The second-order valence-corrected chi connectivity index (χ2v) is 2.76. The van der Waals surface area contributed by atoms with Crippen LogP contribution in [0.25, 0.3) is 0 Å². The Hall–Kier alpha value is -1.56. The Balaban J connectivity index is 3.37. The fraction of sp³-hybridized carbons (Fsp3) is 0.333. The van der Waals surface area contributed by atoms with Gasteiger partial charge in [-0.15, -0.1) is 0 Å². The van der Waals surface area contributed by atoms with Gasteiger partial charge in [-0.3, -0.25) is 4.79 Å². The van der Waals surface area contributed by atoms with Gasteiger partial charge in [0.25, 0.3) is 0 Å². The molecule has 0 radical (unpaired) electrons. The molecule has 0 atom stereocenters. The van der Waals surface area contributed by atoms with Crippen molar-refractivity contribution in [2.75, 3.05) is 0 Å². The molecule has 0 aliphatic rings. The minimum absolute atomic E-state index is 0.0119. The number of hydrogen-bond donors (Lipinski definition) is 0. The number of carbonyl (C=O) groups is 1. The molecular formula is C9H10N2O. The Morgan fingerprint density at radius 1 is 1.67 bits per heavy atom. The molecule has 3 heteroatoms. The van der Waals surface area contributed by atoms with Gasteiger partial charge < -0.3 is 4.57 Å². The average Bonchev–Trinajstić information content (AvgIpc) is 2.30. The van der Waals surface area contributed by atoms with Gasteiger partial charge in [-0.25, -0.2) is 0 Å². The van der Waals surface area contributed by atoms with Crippen LogP contribution in [0.15, 0.2) is 6.07 Å². The van der Waals surface area contributed by atoms with Gasteiger partial charge in [0.1, 0.15) is 6.07 Å². The standard InChI is InChI=1S/C9H10N2O/c1-6-8(5-10)4-9(7(2)12)11(6)3/h4H,1-3H3. The molecule has 0 aliphatic carbocycles. The summed E-state index contributed by atoms with van der Waals surface area (Å²) in [5.41, 5.74) is 1.99. The second-order valence-electron chi connectivity index (χ2n) is 2.76. The first-order valence-electron chi connectivity index (χ1n) is 3.65. The summed E-state index contributed by atoms with van der Waals surface area (Å²) in [6, 6.07) is 3.66. The van der Waals surface area contributed by atoms with E-state index in [-0.39, 0.29) is 5.78 Å². The zero-order chi connectivity index (χ0) is 9.30. The van der Waals surface area contributed by atoms with E-state index in [1.54, 1.807) is 17.7 Å². The topological polar surface area (TPSA) is 45.8 Å². The Labute approximate surface area is 71.2 Å². The van der Waals surface area contributed by atoms with Crippen LogP contribution in [0, 0.1) is 18.3 Å². The summed E-state index contributed by atoms with van der Waals surface area (Å²) < 4.78 is 1.74. The van der Waals surface area contributed by atoms with Gasteiger partial charge in [0, 0.05) is 19.7 Å². The molecule has 0 N–H and O–H groups in total. The lowest BCUT2D eigenvalue weighted by atomic mass is 10.2. The van der Waals surface area contributed by atoms with Crippen LogP contribution >= 0.6 is 0 Å². The molecule has 1 aromatic heterocycles. The van der Waals surface area contributed by atoms with Crippen LogP contribution in [0.3, 0.4) is 0 Å². The first-order chi connectivity index (χ1) is 5.57. The van der Waals surface area contributed by atoms with E-state index >= 15 is 0 Å². The first kappa shape index (κ1) is 8.54. The SMILES string of the molecule is CC(=O)c1cc(C#N)c(C)n1C. The van der Waals surface area contributed by atoms with Crippen molar-refractivity contribution in [2.45, 2.75) is 13.8 Å². The van der Waals surface area contributed by atoms with Crippen LogP contribution in [0.5, 0.6) is 0 Å². The highest BCUT2D eigenvalue weighted by atomic mass is 16.1. The van der Waals surface area contributed by atoms with Crippen molar-refractivity contribution in [3.8, 4) is 6.07 Å². The minimum atomic E-state index is -0.0119. The van der Waals surface area contributed by atoms with E-state index in [0.717, 1.165) is 5.69 Å². The van der Waals surface area contributed by atoms with Gasteiger partial charge in [-0.1, -0.05) is 0 Å². The van der Waals surface area contributed by atoms with Crippen LogP contribution in [0.2, 0.25) is 0 Å². The number of rotatable bonds is 1. The molecule has 1 aromatic rings. The van der Waals surface area contributed by atoms with Gasteiger partial charge in [-0.05, 0) is 13.0 Å². The van der Waals surface area contributed by atoms with Crippen LogP contribution in [-0.4, -0.2) is 10.4 Å². The number of carbonyl (C=O) groups excluding carboxylic acids is 1. The molecule has 12 heavy (non-hydrogen) atoms. The summed E-state index contributed by atoms with van der Waals surface area (Å²) in [5, 5.41) is 8.66. The lowest BCUT2D eigenvalue weighted by Gasteiger charge is -1.99. The highest BCUT2D eigenvalue weighted by molar-refractivity contribution is 5.93. The third-order valence-electron chi connectivity index (χ3n) is 2.02. The summed E-state index contributed by atoms with van der Waals surface area (Å²) in [5.74, 6) is -0.0119. The van der Waals surface area contributed by atoms with Crippen molar-refractivity contribution in [2.24, 2.45) is 7.05 Å². The number of nitrogens with zero attached hydrogens (tertiary/aromatic N) is 2. The van der Waals surface area contributed by atoms with Gasteiger partial charge in [-0.2, -0.15) is 5.26 Å². The Kier molecular flexibility index (Phi) is 2.01. The third-order valence-corrected chi connectivity index (χ3v) is 2.02. The number of ketones is 1. The zero-order valence-electron chi connectivity index (χ0n) is 7.38. The molecule has 0 saturated heterocycles. The zero-order valence-corrected chi connectivity index (χ0v) is 7.38. The molecule has 1 rings (SSSR count). The number of Topliss-reactive ketones (excluding diaryl/α,β-unsaturated/α-hetero) is 1. The summed E-state index contributed by atoms with van der Waals surface area (Å²) >= 11 is 0. The molecule has 62 valence electrons. The molecule has 0 unspecified atom stereocenters. The molecule has 0 amide bonds. The lowest BCUT2D eigenvalue weighted by molar-refractivity contribution is 0.101. The Bertz CT molecular complexity index is 369. The smallest absolute Gasteiger partial charge is 0.176 e. The number of aromatic nitrogens is 1. The maximum atomic E-state index is 11.0. The quantitative estimate of drug-likeness (QED) is 0.586. The monoisotopic (exact) mass is 162 g/mol. The normalized spacial score (nSPS) is 9.50. The summed E-state index contributed by atoms with van der Waals surface area (Å²) in [6.07, 6.45) is 0. The summed E-state index contributed by atoms with van der Waals surface area (Å²) in [6.45, 7) is 3.32. The molecule has 0 saturated carbocycles. The third kappa shape index (κ3) is 1.12. The van der Waals surface area contributed by atoms with E-state index in [1.807, 2.05) is 13.0 Å². The minimum Gasteiger partial charge on any atom is -0.344 e. The maximum absolute atomic E-state index is 11.0. The molecule has 0 fully saturated rings. The number of hydrogen-bond acceptors (Lipinski definition) is 2. The molecule has 0 aliphatic heterocycles. The van der Waals surface area contributed by atoms with Crippen molar-refractivity contribution in [1.82, 2.24) is 4.57 Å². The van der Waals surface area contributed by atoms with E-state index in [1.165, 1.54) is 6.92 Å². The largest absolute Gasteiger partial charge is 0.344 e. The maximum Gasteiger partial charge on any atom is 0.176 e. The van der Waals surface area contributed by atoms with Crippen LogP contribution in [0.1, 0.15) is 28.7 Å². The first-order valence-corrected chi connectivity index (χ1v) is 3.65. The second kappa shape index (κ2) is 2.82. The molecule has 0 spiro atoms. The predicted octanol–water partition coefficient (Wildman–Crippen LogP) is 1.41. The number of nitriles is 1. The fourth-order valence-corrected chi connectivity index (χ4v) is 1.15. The summed E-state index contributed by atoms with van der Waals surface area (Å²) in [4.78, 5) is 11.0. The van der Waals surface area contributed by atoms with E-state index < -0.39 is 0 Å². The molecule has 0 bridgehead atoms. The Morgan fingerprint density at radius 3 is 2.50 bits per heavy atom. The van der Waals surface area contributed by atoms with Crippen molar-refractivity contribution < 1.29 is 4.79 Å². The van der Waals surface area contributed by atoms with E-state index in [9.17, 15) is 4.79 Å². The van der Waals surface area contributed by atoms with Crippen molar-refractivity contribution in [3.63, 3.8) is 0 Å².